The van der Waals surface area contributed by atoms with Crippen molar-refractivity contribution >= 4 is 29.7 Å². The van der Waals surface area contributed by atoms with Gasteiger partial charge in [-0.25, -0.2) is 10.2 Å². The maximum Gasteiger partial charge on any atom is 0.343 e. The number of nitrogens with one attached hydrogen (secondary N) is 2. The lowest BCUT2D eigenvalue weighted by Crippen LogP contribution is -2.32. The lowest BCUT2D eigenvalue weighted by molar-refractivity contribution is -0.136. The fourth-order valence-corrected chi connectivity index (χ4v) is 2.77. The van der Waals surface area contributed by atoms with Gasteiger partial charge >= 0.3 is 17.8 Å². The van der Waals surface area contributed by atoms with E-state index < -0.39 is 17.8 Å². The summed E-state index contributed by atoms with van der Waals surface area (Å²) >= 11 is 0. The molecule has 0 spiro atoms. The van der Waals surface area contributed by atoms with Crippen molar-refractivity contribution in [3.05, 3.63) is 83.9 Å². The zero-order valence-electron chi connectivity index (χ0n) is 18.6. The summed E-state index contributed by atoms with van der Waals surface area (Å²) in [4.78, 5) is 36.6. The van der Waals surface area contributed by atoms with Crippen LogP contribution in [0.25, 0.3) is 0 Å². The zero-order chi connectivity index (χ0) is 24.3. The van der Waals surface area contributed by atoms with Gasteiger partial charge in [0.25, 0.3) is 0 Å². The lowest BCUT2D eigenvalue weighted by atomic mass is 10.2. The van der Waals surface area contributed by atoms with Gasteiger partial charge in [0, 0.05) is 11.3 Å². The van der Waals surface area contributed by atoms with E-state index in [4.69, 9.17) is 14.2 Å². The molecule has 0 saturated carbocycles. The molecular formula is C25H23N3O6. The van der Waals surface area contributed by atoms with E-state index in [9.17, 15) is 14.4 Å². The second-order valence-corrected chi connectivity index (χ2v) is 6.77. The molecule has 2 amide bonds. The summed E-state index contributed by atoms with van der Waals surface area (Å²) in [6.07, 6.45) is 1.28. The number of ether oxygens (including phenoxy) is 3. The van der Waals surface area contributed by atoms with E-state index >= 15 is 0 Å². The van der Waals surface area contributed by atoms with Gasteiger partial charge in [0.05, 0.1) is 25.5 Å². The molecule has 0 aliphatic heterocycles. The van der Waals surface area contributed by atoms with Crippen LogP contribution in [0, 0.1) is 0 Å². The highest BCUT2D eigenvalue weighted by atomic mass is 16.5. The van der Waals surface area contributed by atoms with Crippen LogP contribution in [0.15, 0.2) is 77.9 Å². The first-order valence-electron chi connectivity index (χ1n) is 10.3. The van der Waals surface area contributed by atoms with Gasteiger partial charge in [-0.2, -0.15) is 5.10 Å². The predicted molar refractivity (Wildman–Crippen MR) is 126 cm³/mol. The van der Waals surface area contributed by atoms with Gasteiger partial charge in [0.2, 0.25) is 0 Å². The number of carbonyl (C=O) groups is 3. The van der Waals surface area contributed by atoms with Crippen molar-refractivity contribution in [1.29, 1.82) is 0 Å². The number of benzene rings is 3. The summed E-state index contributed by atoms with van der Waals surface area (Å²) in [6.45, 7) is 2.39. The summed E-state index contributed by atoms with van der Waals surface area (Å²) in [7, 11) is 1.53. The van der Waals surface area contributed by atoms with Crippen LogP contribution in [0.5, 0.6) is 17.2 Å². The first kappa shape index (κ1) is 24.0. The molecule has 0 aliphatic carbocycles. The SMILES string of the molecule is CCOc1ccc(NC(=O)C(=O)N/N=C/c2ccccc2OC(=O)c2ccc(OC)cc2)cc1. The molecule has 0 unspecified atom stereocenters. The number of amides is 2. The summed E-state index contributed by atoms with van der Waals surface area (Å²) in [6, 6.07) is 19.7. The highest BCUT2D eigenvalue weighted by Gasteiger charge is 2.14. The molecule has 0 atom stereocenters. The minimum Gasteiger partial charge on any atom is -0.497 e. The van der Waals surface area contributed by atoms with E-state index in [-0.39, 0.29) is 5.75 Å². The molecule has 2 N–H and O–H groups in total. The van der Waals surface area contributed by atoms with Gasteiger partial charge in [-0.15, -0.1) is 0 Å². The Bertz CT molecular complexity index is 1170. The van der Waals surface area contributed by atoms with Crippen LogP contribution < -0.4 is 25.0 Å². The summed E-state index contributed by atoms with van der Waals surface area (Å²) in [5, 5.41) is 6.26. The molecule has 3 aromatic rings. The molecule has 0 saturated heterocycles. The molecule has 34 heavy (non-hydrogen) atoms. The minimum absolute atomic E-state index is 0.236. The van der Waals surface area contributed by atoms with Crippen LogP contribution in [-0.2, 0) is 9.59 Å². The molecule has 9 nitrogen and oxygen atoms in total. The van der Waals surface area contributed by atoms with Gasteiger partial charge < -0.3 is 19.5 Å². The van der Waals surface area contributed by atoms with Crippen molar-refractivity contribution in [2.24, 2.45) is 5.10 Å². The van der Waals surface area contributed by atoms with Crippen molar-refractivity contribution in [2.75, 3.05) is 19.0 Å². The molecule has 0 fully saturated rings. The Hall–Kier alpha value is -4.66. The molecule has 0 aromatic heterocycles. The predicted octanol–water partition coefficient (Wildman–Crippen LogP) is 3.40. The van der Waals surface area contributed by atoms with E-state index in [0.717, 1.165) is 0 Å². The molecule has 3 rings (SSSR count). The Kier molecular flexibility index (Phi) is 8.34. The fourth-order valence-electron chi connectivity index (χ4n) is 2.77. The summed E-state index contributed by atoms with van der Waals surface area (Å²) in [5.41, 5.74) is 3.35. The normalized spacial score (nSPS) is 10.4. The van der Waals surface area contributed by atoms with Crippen molar-refractivity contribution in [2.45, 2.75) is 6.92 Å². The Morgan fingerprint density at radius 2 is 1.56 bits per heavy atom. The Morgan fingerprint density at radius 3 is 2.24 bits per heavy atom. The number of hydrogen-bond donors (Lipinski definition) is 2. The zero-order valence-corrected chi connectivity index (χ0v) is 18.6. The average molecular weight is 461 g/mol. The van der Waals surface area contributed by atoms with Crippen LogP contribution in [0.3, 0.4) is 0 Å². The molecular weight excluding hydrogens is 438 g/mol. The quantitative estimate of drug-likeness (QED) is 0.175. The molecule has 3 aromatic carbocycles. The van der Waals surface area contributed by atoms with Crippen molar-refractivity contribution in [1.82, 2.24) is 5.43 Å². The average Bonchev–Trinajstić information content (AvgIpc) is 2.86. The third-order valence-electron chi connectivity index (χ3n) is 4.45. The number of hydrogen-bond acceptors (Lipinski definition) is 7. The Morgan fingerprint density at radius 1 is 0.882 bits per heavy atom. The lowest BCUT2D eigenvalue weighted by Gasteiger charge is -2.08. The number of rotatable bonds is 8. The van der Waals surface area contributed by atoms with Gasteiger partial charge in [0.15, 0.2) is 0 Å². The number of hydrazone groups is 1. The maximum absolute atomic E-state index is 12.4. The van der Waals surface area contributed by atoms with E-state index in [1.807, 2.05) is 6.92 Å². The van der Waals surface area contributed by atoms with E-state index in [1.54, 1.807) is 72.8 Å². The van der Waals surface area contributed by atoms with Crippen LogP contribution in [-0.4, -0.2) is 37.7 Å². The highest BCUT2D eigenvalue weighted by molar-refractivity contribution is 6.39. The van der Waals surface area contributed by atoms with Crippen molar-refractivity contribution < 1.29 is 28.6 Å². The highest BCUT2D eigenvalue weighted by Crippen LogP contribution is 2.19. The van der Waals surface area contributed by atoms with E-state index in [0.29, 0.717) is 34.9 Å². The second-order valence-electron chi connectivity index (χ2n) is 6.77. The van der Waals surface area contributed by atoms with Crippen LogP contribution in [0.2, 0.25) is 0 Å². The third kappa shape index (κ3) is 6.67. The smallest absolute Gasteiger partial charge is 0.343 e. The molecule has 0 aliphatic rings. The first-order valence-corrected chi connectivity index (χ1v) is 10.3. The summed E-state index contributed by atoms with van der Waals surface area (Å²) in [5.74, 6) is -0.909. The number of para-hydroxylation sites is 1. The number of methoxy groups -OCH3 is 1. The fraction of sp³-hybridized carbons (Fsp3) is 0.120. The van der Waals surface area contributed by atoms with Gasteiger partial charge in [0.1, 0.15) is 17.2 Å². The van der Waals surface area contributed by atoms with Crippen LogP contribution >= 0.6 is 0 Å². The number of carbonyl (C=O) groups excluding carboxylic acids is 3. The van der Waals surface area contributed by atoms with E-state index in [2.05, 4.69) is 15.8 Å². The largest absolute Gasteiger partial charge is 0.497 e. The maximum atomic E-state index is 12.4. The molecule has 9 heteroatoms. The molecule has 0 bridgehead atoms. The van der Waals surface area contributed by atoms with Crippen molar-refractivity contribution in [3.8, 4) is 17.2 Å². The monoisotopic (exact) mass is 461 g/mol. The minimum atomic E-state index is -0.960. The number of anilines is 1. The van der Waals surface area contributed by atoms with Crippen LogP contribution in [0.4, 0.5) is 5.69 Å². The van der Waals surface area contributed by atoms with E-state index in [1.165, 1.54) is 13.3 Å². The number of esters is 1. The van der Waals surface area contributed by atoms with Crippen LogP contribution in [0.1, 0.15) is 22.8 Å². The van der Waals surface area contributed by atoms with Crippen molar-refractivity contribution in [3.63, 3.8) is 0 Å². The van der Waals surface area contributed by atoms with Gasteiger partial charge in [-0.05, 0) is 67.6 Å². The molecule has 0 heterocycles. The van der Waals surface area contributed by atoms with Gasteiger partial charge in [-0.1, -0.05) is 12.1 Å². The third-order valence-corrected chi connectivity index (χ3v) is 4.45. The summed E-state index contributed by atoms with van der Waals surface area (Å²) < 4.78 is 15.8. The molecule has 174 valence electrons. The van der Waals surface area contributed by atoms with Gasteiger partial charge in [-0.3, -0.25) is 9.59 Å². The Labute approximate surface area is 196 Å². The standard InChI is InChI=1S/C25H23N3O6/c1-3-33-21-14-10-19(11-15-21)27-23(29)24(30)28-26-16-18-6-4-5-7-22(18)34-25(31)17-8-12-20(32-2)13-9-17/h4-16H,3H2,1-2H3,(H,27,29)(H,28,30)/b26-16+. The molecule has 0 radical (unpaired) electrons. The second kappa shape index (κ2) is 11.8. The Balaban J connectivity index is 1.58. The number of nitrogens with zero attached hydrogens (tertiary/aromatic N) is 1. The first-order chi connectivity index (χ1) is 16.5. The topological polar surface area (TPSA) is 115 Å².